The lowest BCUT2D eigenvalue weighted by molar-refractivity contribution is 1.26. The summed E-state index contributed by atoms with van der Waals surface area (Å²) in [6.07, 6.45) is 0. The third-order valence-electron chi connectivity index (χ3n) is 13.8. The van der Waals surface area contributed by atoms with Crippen molar-refractivity contribution in [3.8, 4) is 33.5 Å². The molecule has 0 aliphatic carbocycles. The van der Waals surface area contributed by atoms with Gasteiger partial charge >= 0.3 is 0 Å². The minimum Gasteiger partial charge on any atom is -0.310 e. The summed E-state index contributed by atoms with van der Waals surface area (Å²) >= 11 is 0. The van der Waals surface area contributed by atoms with E-state index in [2.05, 4.69) is 278 Å². The number of hydrogen-bond donors (Lipinski definition) is 0. The Labute approximate surface area is 413 Å². The highest BCUT2D eigenvalue weighted by molar-refractivity contribution is 6.23. The first kappa shape index (κ1) is 41.8. The van der Waals surface area contributed by atoms with Crippen molar-refractivity contribution in [1.82, 2.24) is 9.97 Å². The Morgan fingerprint density at radius 2 is 0.690 bits per heavy atom. The quantitative estimate of drug-likeness (QED) is 0.135. The summed E-state index contributed by atoms with van der Waals surface area (Å²) in [6, 6.07) is 93.8. The van der Waals surface area contributed by atoms with Crippen molar-refractivity contribution in [3.05, 3.63) is 267 Å². The molecule has 0 fully saturated rings. The molecule has 0 radical (unpaired) electrons. The molecule has 13 rings (SSSR count). The van der Waals surface area contributed by atoms with Gasteiger partial charge in [-0.25, -0.2) is 4.98 Å². The smallest absolute Gasteiger partial charge is 0.0722 e. The molecule has 334 valence electrons. The minimum atomic E-state index is 0.928. The van der Waals surface area contributed by atoms with E-state index in [4.69, 9.17) is 9.97 Å². The summed E-state index contributed by atoms with van der Waals surface area (Å²) in [5.74, 6) is 0. The molecule has 4 nitrogen and oxygen atoms in total. The molecule has 2 heterocycles. The van der Waals surface area contributed by atoms with E-state index in [0.717, 1.165) is 106 Å². The normalized spacial score (nSPS) is 11.5. The van der Waals surface area contributed by atoms with E-state index in [9.17, 15) is 0 Å². The molecule has 0 bridgehead atoms. The molecular formula is C67H46N4. The maximum atomic E-state index is 5.41. The predicted molar refractivity (Wildman–Crippen MR) is 300 cm³/mol. The van der Waals surface area contributed by atoms with E-state index in [1.165, 1.54) is 21.5 Å². The lowest BCUT2D eigenvalue weighted by Gasteiger charge is -2.26. The Morgan fingerprint density at radius 1 is 0.282 bits per heavy atom. The van der Waals surface area contributed by atoms with Gasteiger partial charge in [-0.15, -0.1) is 0 Å². The van der Waals surface area contributed by atoms with Crippen molar-refractivity contribution in [2.75, 3.05) is 9.80 Å². The van der Waals surface area contributed by atoms with Crippen molar-refractivity contribution in [1.29, 1.82) is 0 Å². The van der Waals surface area contributed by atoms with Gasteiger partial charge in [-0.1, -0.05) is 164 Å². The van der Waals surface area contributed by atoms with Gasteiger partial charge in [-0.05, 0) is 159 Å². The fourth-order valence-electron chi connectivity index (χ4n) is 10.5. The van der Waals surface area contributed by atoms with E-state index in [0.29, 0.717) is 0 Å². The SMILES string of the molecule is Cc1cc(-c2cccc(N(c3ccccc3)c3ccc4ccccc4c3)c2)c2c(ccc3c2ccc2nc(-c4ccccc4)cc(-c4cccc(N(c5ccccc5)c5ccc6ccccc6c5)c4)c23)n1. The van der Waals surface area contributed by atoms with Crippen LogP contribution in [0.15, 0.2) is 261 Å². The largest absolute Gasteiger partial charge is 0.310 e. The van der Waals surface area contributed by atoms with E-state index >= 15 is 0 Å². The number of aryl methyl sites for hydroxylation is 1. The molecule has 0 saturated carbocycles. The van der Waals surface area contributed by atoms with Crippen LogP contribution in [-0.2, 0) is 0 Å². The molecule has 0 N–H and O–H groups in total. The van der Waals surface area contributed by atoms with Gasteiger partial charge in [0.2, 0.25) is 0 Å². The first-order valence-corrected chi connectivity index (χ1v) is 24.2. The van der Waals surface area contributed by atoms with Crippen molar-refractivity contribution in [2.45, 2.75) is 6.92 Å². The zero-order chi connectivity index (χ0) is 47.3. The van der Waals surface area contributed by atoms with Gasteiger partial charge in [0.15, 0.2) is 0 Å². The molecule has 0 amide bonds. The maximum Gasteiger partial charge on any atom is 0.0722 e. The molecule has 2 aromatic heterocycles. The van der Waals surface area contributed by atoms with E-state index < -0.39 is 0 Å². The number of hydrogen-bond acceptors (Lipinski definition) is 4. The number of anilines is 6. The first-order valence-electron chi connectivity index (χ1n) is 24.2. The molecule has 0 spiro atoms. The van der Waals surface area contributed by atoms with Crippen LogP contribution in [-0.4, -0.2) is 9.97 Å². The highest BCUT2D eigenvalue weighted by Crippen LogP contribution is 2.45. The highest BCUT2D eigenvalue weighted by Gasteiger charge is 2.21. The summed E-state index contributed by atoms with van der Waals surface area (Å²) in [5, 5.41) is 9.30. The van der Waals surface area contributed by atoms with E-state index in [1.54, 1.807) is 0 Å². The Kier molecular flexibility index (Phi) is 10.4. The Morgan fingerprint density at radius 3 is 1.21 bits per heavy atom. The van der Waals surface area contributed by atoms with Crippen LogP contribution in [0.2, 0.25) is 0 Å². The number of pyridine rings is 2. The number of aromatic nitrogens is 2. The second kappa shape index (κ2) is 17.6. The van der Waals surface area contributed by atoms with Crippen LogP contribution in [0.25, 0.3) is 87.6 Å². The van der Waals surface area contributed by atoms with Crippen LogP contribution in [0.4, 0.5) is 34.1 Å². The van der Waals surface area contributed by atoms with Gasteiger partial charge in [0.1, 0.15) is 0 Å². The Balaban J connectivity index is 1.01. The number of nitrogens with zero attached hydrogens (tertiary/aromatic N) is 4. The monoisotopic (exact) mass is 906 g/mol. The topological polar surface area (TPSA) is 32.3 Å². The summed E-state index contributed by atoms with van der Waals surface area (Å²) < 4.78 is 0. The zero-order valence-electron chi connectivity index (χ0n) is 39.1. The van der Waals surface area contributed by atoms with E-state index in [1.807, 2.05) is 0 Å². The molecule has 0 atom stereocenters. The summed E-state index contributed by atoms with van der Waals surface area (Å²) in [4.78, 5) is 15.3. The standard InChI is InChI=1S/C67H46N4/c1-45-39-61(51-23-15-29-55(42-51)70(53-25-7-3-8-26-53)57-33-31-46-17-11-13-21-49(46)40-57)66-59-36-38-64-67(60(59)35-37-63(66)68-45)62(44-65(69-64)48-19-5-2-6-20-48)52-24-16-30-56(43-52)71(54-27-9-4-10-28-54)58-34-32-47-18-12-14-22-50(47)41-58/h2-44H,1H3. The van der Waals surface area contributed by atoms with Crippen LogP contribution in [0.5, 0.6) is 0 Å². The lowest BCUT2D eigenvalue weighted by atomic mass is 9.90. The van der Waals surface area contributed by atoms with Crippen LogP contribution in [0.1, 0.15) is 5.69 Å². The zero-order valence-corrected chi connectivity index (χ0v) is 39.1. The van der Waals surface area contributed by atoms with Gasteiger partial charge < -0.3 is 9.80 Å². The second-order valence-corrected chi connectivity index (χ2v) is 18.3. The van der Waals surface area contributed by atoms with Gasteiger partial charge in [0, 0.05) is 56.2 Å². The highest BCUT2D eigenvalue weighted by atomic mass is 15.1. The van der Waals surface area contributed by atoms with Crippen molar-refractivity contribution in [3.63, 3.8) is 0 Å². The van der Waals surface area contributed by atoms with Crippen LogP contribution in [0, 0.1) is 6.92 Å². The molecule has 4 heteroatoms. The molecule has 13 aromatic rings. The van der Waals surface area contributed by atoms with Gasteiger partial charge in [0.25, 0.3) is 0 Å². The molecule has 0 aliphatic heterocycles. The van der Waals surface area contributed by atoms with Crippen LogP contribution >= 0.6 is 0 Å². The summed E-state index contributed by atoms with van der Waals surface area (Å²) in [5.41, 5.74) is 15.8. The Hall–Kier alpha value is -9.38. The minimum absolute atomic E-state index is 0.928. The molecular weight excluding hydrogens is 861 g/mol. The number of rotatable bonds is 9. The van der Waals surface area contributed by atoms with Gasteiger partial charge in [-0.2, -0.15) is 0 Å². The molecule has 0 aliphatic rings. The van der Waals surface area contributed by atoms with Crippen molar-refractivity contribution >= 4 is 88.2 Å². The molecule has 0 saturated heterocycles. The summed E-state index contributed by atoms with van der Waals surface area (Å²) in [7, 11) is 0. The molecule has 71 heavy (non-hydrogen) atoms. The van der Waals surface area contributed by atoms with Crippen LogP contribution < -0.4 is 9.80 Å². The fraction of sp³-hybridized carbons (Fsp3) is 0.0149. The molecule has 0 unspecified atom stereocenters. The first-order chi connectivity index (χ1) is 35.1. The summed E-state index contributed by atoms with van der Waals surface area (Å²) in [6.45, 7) is 2.10. The van der Waals surface area contributed by atoms with Gasteiger partial charge in [-0.3, -0.25) is 4.98 Å². The van der Waals surface area contributed by atoms with Crippen molar-refractivity contribution in [2.24, 2.45) is 0 Å². The van der Waals surface area contributed by atoms with Crippen molar-refractivity contribution < 1.29 is 0 Å². The second-order valence-electron chi connectivity index (χ2n) is 18.3. The predicted octanol–water partition coefficient (Wildman–Crippen LogP) is 18.5. The third kappa shape index (κ3) is 7.69. The van der Waals surface area contributed by atoms with Crippen LogP contribution in [0.3, 0.4) is 0 Å². The lowest BCUT2D eigenvalue weighted by Crippen LogP contribution is -2.10. The number of para-hydroxylation sites is 2. The number of benzene rings is 11. The average molecular weight is 907 g/mol. The Bertz CT molecular complexity index is 4130. The average Bonchev–Trinajstić information content (AvgIpc) is 3.43. The number of fused-ring (bicyclic) bond motifs is 7. The fourth-order valence-corrected chi connectivity index (χ4v) is 10.5. The van der Waals surface area contributed by atoms with E-state index in [-0.39, 0.29) is 0 Å². The third-order valence-corrected chi connectivity index (χ3v) is 13.8. The molecule has 11 aromatic carbocycles. The van der Waals surface area contributed by atoms with Gasteiger partial charge in [0.05, 0.1) is 16.7 Å². The maximum absolute atomic E-state index is 5.41.